The molecular formula is C14H8ClF6NO. The molecule has 9 heteroatoms. The van der Waals surface area contributed by atoms with Crippen molar-refractivity contribution in [2.45, 2.75) is 19.5 Å². The molecule has 2 nitrogen and oxygen atoms in total. The van der Waals surface area contributed by atoms with Crippen LogP contribution in [-0.2, 0) is 6.18 Å². The standard InChI is InChI=1S/C14H8ClF6NO/c1-7-2-8(4-10(3-7)23-14(19,20)21)12-11(15)5-9(6-22-12)13(16,17)18/h2-6H,1H3. The fourth-order valence-corrected chi connectivity index (χ4v) is 2.16. The molecule has 2 aromatic rings. The highest BCUT2D eigenvalue weighted by atomic mass is 35.5. The summed E-state index contributed by atoms with van der Waals surface area (Å²) >= 11 is 5.78. The SMILES string of the molecule is Cc1cc(OC(F)(F)F)cc(-c2ncc(C(F)(F)F)cc2Cl)c1. The van der Waals surface area contributed by atoms with E-state index < -0.39 is 23.9 Å². The van der Waals surface area contributed by atoms with Crippen molar-refractivity contribution in [1.29, 1.82) is 0 Å². The van der Waals surface area contributed by atoms with Gasteiger partial charge in [0.1, 0.15) is 5.75 Å². The van der Waals surface area contributed by atoms with E-state index in [-0.39, 0.29) is 16.3 Å². The number of ether oxygens (including phenoxy) is 1. The molecule has 0 unspecified atom stereocenters. The smallest absolute Gasteiger partial charge is 0.406 e. The van der Waals surface area contributed by atoms with Crippen molar-refractivity contribution in [3.63, 3.8) is 0 Å². The van der Waals surface area contributed by atoms with Gasteiger partial charge in [0, 0.05) is 11.8 Å². The molecular weight excluding hydrogens is 348 g/mol. The van der Waals surface area contributed by atoms with Crippen LogP contribution in [0.3, 0.4) is 0 Å². The molecule has 0 radical (unpaired) electrons. The highest BCUT2D eigenvalue weighted by Gasteiger charge is 2.32. The Bertz CT molecular complexity index is 726. The van der Waals surface area contributed by atoms with Crippen molar-refractivity contribution in [1.82, 2.24) is 4.98 Å². The first-order valence-corrected chi connectivity index (χ1v) is 6.44. The van der Waals surface area contributed by atoms with Crippen LogP contribution in [0.5, 0.6) is 5.75 Å². The van der Waals surface area contributed by atoms with E-state index in [0.717, 1.165) is 12.1 Å². The summed E-state index contributed by atoms with van der Waals surface area (Å²) in [5.41, 5.74) is -0.608. The number of hydrogen-bond acceptors (Lipinski definition) is 2. The third-order valence-electron chi connectivity index (χ3n) is 2.73. The summed E-state index contributed by atoms with van der Waals surface area (Å²) in [6, 6.07) is 4.23. The zero-order chi connectivity index (χ0) is 17.4. The lowest BCUT2D eigenvalue weighted by Crippen LogP contribution is -2.17. The van der Waals surface area contributed by atoms with Crippen LogP contribution in [0.25, 0.3) is 11.3 Å². The number of aromatic nitrogens is 1. The summed E-state index contributed by atoms with van der Waals surface area (Å²) < 4.78 is 78.4. The second-order valence-electron chi connectivity index (χ2n) is 4.63. The quantitative estimate of drug-likeness (QED) is 0.651. The van der Waals surface area contributed by atoms with E-state index in [1.54, 1.807) is 0 Å². The Morgan fingerprint density at radius 3 is 2.17 bits per heavy atom. The molecule has 0 aliphatic heterocycles. The van der Waals surface area contributed by atoms with Gasteiger partial charge in [0.2, 0.25) is 0 Å². The molecule has 1 heterocycles. The predicted octanol–water partition coefficient (Wildman–Crippen LogP) is 5.63. The highest BCUT2D eigenvalue weighted by molar-refractivity contribution is 6.33. The summed E-state index contributed by atoms with van der Waals surface area (Å²) in [6.07, 6.45) is -8.94. The molecule has 0 saturated carbocycles. The van der Waals surface area contributed by atoms with Crippen LogP contribution in [-0.4, -0.2) is 11.3 Å². The summed E-state index contributed by atoms with van der Waals surface area (Å²) in [4.78, 5) is 3.60. The van der Waals surface area contributed by atoms with Gasteiger partial charge in [-0.2, -0.15) is 13.2 Å². The second kappa shape index (κ2) is 5.92. The van der Waals surface area contributed by atoms with E-state index in [2.05, 4.69) is 9.72 Å². The van der Waals surface area contributed by atoms with Crippen LogP contribution in [0.4, 0.5) is 26.3 Å². The molecule has 1 aromatic heterocycles. The minimum atomic E-state index is -4.89. The number of pyridine rings is 1. The molecule has 2 rings (SSSR count). The molecule has 1 aromatic carbocycles. The monoisotopic (exact) mass is 355 g/mol. The van der Waals surface area contributed by atoms with Gasteiger partial charge in [-0.05, 0) is 36.8 Å². The van der Waals surface area contributed by atoms with Gasteiger partial charge < -0.3 is 4.74 Å². The summed E-state index contributed by atoms with van der Waals surface area (Å²) in [7, 11) is 0. The zero-order valence-corrected chi connectivity index (χ0v) is 12.1. The van der Waals surface area contributed by atoms with Gasteiger partial charge in [0.25, 0.3) is 0 Å². The van der Waals surface area contributed by atoms with E-state index in [1.165, 1.54) is 13.0 Å². The molecule has 0 N–H and O–H groups in total. The number of benzene rings is 1. The minimum Gasteiger partial charge on any atom is -0.406 e. The lowest BCUT2D eigenvalue weighted by atomic mass is 10.1. The summed E-state index contributed by atoms with van der Waals surface area (Å²) in [5, 5.41) is -0.330. The summed E-state index contributed by atoms with van der Waals surface area (Å²) in [6.45, 7) is 1.50. The third kappa shape index (κ3) is 4.51. The highest BCUT2D eigenvalue weighted by Crippen LogP contribution is 2.36. The van der Waals surface area contributed by atoms with Gasteiger partial charge >= 0.3 is 12.5 Å². The van der Waals surface area contributed by atoms with Crippen molar-refractivity contribution in [3.8, 4) is 17.0 Å². The second-order valence-corrected chi connectivity index (χ2v) is 5.04. The van der Waals surface area contributed by atoms with Gasteiger partial charge in [0.15, 0.2) is 0 Å². The lowest BCUT2D eigenvalue weighted by molar-refractivity contribution is -0.274. The molecule has 0 amide bonds. The molecule has 0 atom stereocenters. The Morgan fingerprint density at radius 2 is 1.65 bits per heavy atom. The molecule has 124 valence electrons. The van der Waals surface area contributed by atoms with E-state index in [0.29, 0.717) is 17.8 Å². The molecule has 23 heavy (non-hydrogen) atoms. The summed E-state index contributed by atoms with van der Waals surface area (Å²) in [5.74, 6) is -0.509. The Balaban J connectivity index is 2.46. The van der Waals surface area contributed by atoms with Crippen LogP contribution < -0.4 is 4.74 Å². The first-order valence-electron chi connectivity index (χ1n) is 6.06. The molecule has 0 bridgehead atoms. The van der Waals surface area contributed by atoms with Crippen LogP contribution in [0.15, 0.2) is 30.5 Å². The fraction of sp³-hybridized carbons (Fsp3) is 0.214. The number of alkyl halides is 6. The maximum absolute atomic E-state index is 12.6. The van der Waals surface area contributed by atoms with Crippen LogP contribution in [0.1, 0.15) is 11.1 Å². The maximum atomic E-state index is 12.6. The molecule has 0 saturated heterocycles. The van der Waals surface area contributed by atoms with E-state index in [1.807, 2.05) is 0 Å². The van der Waals surface area contributed by atoms with Crippen LogP contribution in [0, 0.1) is 6.92 Å². The lowest BCUT2D eigenvalue weighted by Gasteiger charge is -2.13. The van der Waals surface area contributed by atoms with Crippen LogP contribution in [0.2, 0.25) is 5.02 Å². The number of hydrogen-bond donors (Lipinski definition) is 0. The molecule has 0 aliphatic carbocycles. The van der Waals surface area contributed by atoms with Crippen molar-refractivity contribution >= 4 is 11.6 Å². The first kappa shape index (κ1) is 17.4. The van der Waals surface area contributed by atoms with Crippen molar-refractivity contribution in [2.75, 3.05) is 0 Å². The number of nitrogens with zero attached hydrogens (tertiary/aromatic N) is 1. The fourth-order valence-electron chi connectivity index (χ4n) is 1.88. The Hall–Kier alpha value is -1.96. The molecule has 0 fully saturated rings. The zero-order valence-electron chi connectivity index (χ0n) is 11.4. The van der Waals surface area contributed by atoms with Crippen molar-refractivity contribution in [2.24, 2.45) is 0 Å². The normalized spacial score (nSPS) is 12.3. The van der Waals surface area contributed by atoms with E-state index in [4.69, 9.17) is 11.6 Å². The van der Waals surface area contributed by atoms with E-state index >= 15 is 0 Å². The topological polar surface area (TPSA) is 22.1 Å². The average Bonchev–Trinajstić information content (AvgIpc) is 2.34. The van der Waals surface area contributed by atoms with Gasteiger partial charge in [-0.1, -0.05) is 11.6 Å². The predicted molar refractivity (Wildman–Crippen MR) is 71.1 cm³/mol. The Morgan fingerprint density at radius 1 is 1.00 bits per heavy atom. The van der Waals surface area contributed by atoms with Crippen molar-refractivity contribution in [3.05, 3.63) is 46.6 Å². The van der Waals surface area contributed by atoms with Gasteiger partial charge in [-0.15, -0.1) is 13.2 Å². The maximum Gasteiger partial charge on any atom is 0.573 e. The average molecular weight is 356 g/mol. The van der Waals surface area contributed by atoms with Crippen molar-refractivity contribution < 1.29 is 31.1 Å². The number of aryl methyl sites for hydroxylation is 1. The Kier molecular flexibility index (Phi) is 4.48. The van der Waals surface area contributed by atoms with E-state index in [9.17, 15) is 26.3 Å². The third-order valence-corrected chi connectivity index (χ3v) is 3.01. The number of halogens is 7. The van der Waals surface area contributed by atoms with Gasteiger partial charge in [-0.3, -0.25) is 4.98 Å². The molecule has 0 aliphatic rings. The number of rotatable bonds is 2. The Labute approximate surface area is 131 Å². The molecule has 0 spiro atoms. The first-order chi connectivity index (χ1) is 10.5. The van der Waals surface area contributed by atoms with Crippen LogP contribution >= 0.6 is 11.6 Å². The minimum absolute atomic E-state index is 0.0737. The van der Waals surface area contributed by atoms with Gasteiger partial charge in [0.05, 0.1) is 16.3 Å². The largest absolute Gasteiger partial charge is 0.573 e. The van der Waals surface area contributed by atoms with Gasteiger partial charge in [-0.25, -0.2) is 0 Å².